The van der Waals surface area contributed by atoms with Crippen molar-refractivity contribution in [3.8, 4) is 5.88 Å². The molecule has 1 heterocycles. The Balaban J connectivity index is 2.60. The largest absolute Gasteiger partial charge is 0.481 e. The number of anilines is 2. The minimum absolute atomic E-state index is 0.0487. The molecular formula is C11H19N3O3. The highest BCUT2D eigenvalue weighted by Gasteiger charge is 2.09. The van der Waals surface area contributed by atoms with Crippen molar-refractivity contribution in [3.63, 3.8) is 0 Å². The summed E-state index contributed by atoms with van der Waals surface area (Å²) >= 11 is 0. The summed E-state index contributed by atoms with van der Waals surface area (Å²) in [5, 5.41) is 3.10. The van der Waals surface area contributed by atoms with Gasteiger partial charge in [0.2, 0.25) is 5.88 Å². The molecule has 0 bridgehead atoms. The van der Waals surface area contributed by atoms with E-state index < -0.39 is 0 Å². The van der Waals surface area contributed by atoms with Crippen LogP contribution in [0.3, 0.4) is 0 Å². The lowest BCUT2D eigenvalue weighted by atomic mass is 10.3. The van der Waals surface area contributed by atoms with Crippen LogP contribution in [-0.2, 0) is 9.47 Å². The van der Waals surface area contributed by atoms with Gasteiger partial charge >= 0.3 is 0 Å². The fraction of sp³-hybridized carbons (Fsp3) is 0.545. The number of methoxy groups -OCH3 is 3. The van der Waals surface area contributed by atoms with Crippen molar-refractivity contribution in [2.75, 3.05) is 45.5 Å². The van der Waals surface area contributed by atoms with Crippen LogP contribution in [0.4, 0.5) is 11.5 Å². The molecule has 1 aromatic rings. The van der Waals surface area contributed by atoms with Crippen molar-refractivity contribution in [3.05, 3.63) is 12.1 Å². The summed E-state index contributed by atoms with van der Waals surface area (Å²) in [7, 11) is 4.82. The SMILES string of the molecule is COCC(CNc1nc(OC)ccc1N)OC. The fourth-order valence-corrected chi connectivity index (χ4v) is 1.31. The zero-order chi connectivity index (χ0) is 12.7. The molecule has 1 rings (SSSR count). The van der Waals surface area contributed by atoms with Gasteiger partial charge in [-0.25, -0.2) is 0 Å². The minimum atomic E-state index is -0.0487. The first-order valence-corrected chi connectivity index (χ1v) is 5.27. The lowest BCUT2D eigenvalue weighted by Crippen LogP contribution is -2.27. The molecule has 0 aliphatic carbocycles. The van der Waals surface area contributed by atoms with Gasteiger partial charge in [-0.1, -0.05) is 0 Å². The Hall–Kier alpha value is -1.53. The van der Waals surface area contributed by atoms with Crippen molar-refractivity contribution in [1.29, 1.82) is 0 Å². The van der Waals surface area contributed by atoms with Crippen LogP contribution in [0, 0.1) is 0 Å². The summed E-state index contributed by atoms with van der Waals surface area (Å²) in [5.74, 6) is 1.10. The van der Waals surface area contributed by atoms with E-state index in [-0.39, 0.29) is 6.10 Å². The monoisotopic (exact) mass is 241 g/mol. The van der Waals surface area contributed by atoms with E-state index in [9.17, 15) is 0 Å². The van der Waals surface area contributed by atoms with Gasteiger partial charge in [0.25, 0.3) is 0 Å². The normalized spacial score (nSPS) is 12.2. The molecule has 0 aliphatic rings. The van der Waals surface area contributed by atoms with E-state index in [1.54, 1.807) is 33.5 Å². The molecule has 17 heavy (non-hydrogen) atoms. The number of aromatic nitrogens is 1. The molecule has 1 atom stereocenters. The van der Waals surface area contributed by atoms with Crippen LogP contribution in [0.15, 0.2) is 12.1 Å². The van der Waals surface area contributed by atoms with Gasteiger partial charge < -0.3 is 25.3 Å². The Bertz CT molecular complexity index is 347. The molecule has 0 fully saturated rings. The van der Waals surface area contributed by atoms with Crippen LogP contribution in [0.25, 0.3) is 0 Å². The van der Waals surface area contributed by atoms with Crippen molar-refractivity contribution in [2.24, 2.45) is 0 Å². The Morgan fingerprint density at radius 3 is 2.71 bits per heavy atom. The molecule has 1 aromatic heterocycles. The number of hydrogen-bond acceptors (Lipinski definition) is 6. The maximum absolute atomic E-state index is 5.79. The average Bonchev–Trinajstić information content (AvgIpc) is 2.36. The first-order chi connectivity index (χ1) is 8.21. The maximum Gasteiger partial charge on any atom is 0.215 e. The highest BCUT2D eigenvalue weighted by atomic mass is 16.5. The second-order valence-corrected chi connectivity index (χ2v) is 3.49. The first kappa shape index (κ1) is 13.5. The van der Waals surface area contributed by atoms with Gasteiger partial charge in [0, 0.05) is 26.8 Å². The molecule has 0 aliphatic heterocycles. The van der Waals surface area contributed by atoms with E-state index in [1.807, 2.05) is 0 Å². The van der Waals surface area contributed by atoms with E-state index in [2.05, 4.69) is 10.3 Å². The minimum Gasteiger partial charge on any atom is -0.481 e. The van der Waals surface area contributed by atoms with Gasteiger partial charge in [-0.15, -0.1) is 0 Å². The highest BCUT2D eigenvalue weighted by Crippen LogP contribution is 2.19. The number of rotatable bonds is 7. The maximum atomic E-state index is 5.79. The molecule has 96 valence electrons. The van der Waals surface area contributed by atoms with Crippen LogP contribution in [0.1, 0.15) is 0 Å². The third-order valence-electron chi connectivity index (χ3n) is 2.29. The van der Waals surface area contributed by atoms with Gasteiger partial charge in [0.1, 0.15) is 0 Å². The van der Waals surface area contributed by atoms with Crippen LogP contribution in [0.5, 0.6) is 5.88 Å². The quantitative estimate of drug-likeness (QED) is 0.733. The number of hydrogen-bond donors (Lipinski definition) is 2. The zero-order valence-corrected chi connectivity index (χ0v) is 10.4. The van der Waals surface area contributed by atoms with E-state index in [0.29, 0.717) is 30.5 Å². The summed E-state index contributed by atoms with van der Waals surface area (Å²) in [6.07, 6.45) is -0.0487. The Morgan fingerprint density at radius 1 is 1.35 bits per heavy atom. The molecule has 0 saturated carbocycles. The van der Waals surface area contributed by atoms with Crippen molar-refractivity contribution in [1.82, 2.24) is 4.98 Å². The van der Waals surface area contributed by atoms with Crippen LogP contribution in [-0.4, -0.2) is 45.6 Å². The number of nitrogens with one attached hydrogen (secondary N) is 1. The van der Waals surface area contributed by atoms with Gasteiger partial charge in [-0.3, -0.25) is 0 Å². The van der Waals surface area contributed by atoms with Gasteiger partial charge in [0.15, 0.2) is 5.82 Å². The second-order valence-electron chi connectivity index (χ2n) is 3.49. The molecule has 0 aromatic carbocycles. The highest BCUT2D eigenvalue weighted by molar-refractivity contribution is 5.61. The van der Waals surface area contributed by atoms with Gasteiger partial charge in [-0.2, -0.15) is 4.98 Å². The predicted molar refractivity (Wildman–Crippen MR) is 66.4 cm³/mol. The topological polar surface area (TPSA) is 78.6 Å². The standard InChI is InChI=1S/C11H19N3O3/c1-15-7-8(16-2)6-13-11-9(12)4-5-10(14-11)17-3/h4-5,8H,6-7,12H2,1-3H3,(H,13,14). The van der Waals surface area contributed by atoms with Crippen LogP contribution < -0.4 is 15.8 Å². The van der Waals surface area contributed by atoms with Crippen LogP contribution >= 0.6 is 0 Å². The summed E-state index contributed by atoms with van der Waals surface area (Å²) in [6, 6.07) is 3.45. The number of ether oxygens (including phenoxy) is 3. The molecular weight excluding hydrogens is 222 g/mol. The lowest BCUT2D eigenvalue weighted by molar-refractivity contribution is 0.0365. The first-order valence-electron chi connectivity index (χ1n) is 5.27. The molecule has 0 radical (unpaired) electrons. The Kier molecular flexibility index (Phi) is 5.51. The van der Waals surface area contributed by atoms with Gasteiger partial charge in [0.05, 0.1) is 25.5 Å². The summed E-state index contributed by atoms with van der Waals surface area (Å²) < 4.78 is 15.3. The van der Waals surface area contributed by atoms with E-state index in [1.165, 1.54) is 0 Å². The average molecular weight is 241 g/mol. The van der Waals surface area contributed by atoms with E-state index >= 15 is 0 Å². The van der Waals surface area contributed by atoms with Crippen molar-refractivity contribution >= 4 is 11.5 Å². The smallest absolute Gasteiger partial charge is 0.215 e. The fourth-order valence-electron chi connectivity index (χ4n) is 1.31. The Morgan fingerprint density at radius 2 is 2.12 bits per heavy atom. The third kappa shape index (κ3) is 4.08. The third-order valence-corrected chi connectivity index (χ3v) is 2.29. The van der Waals surface area contributed by atoms with Crippen molar-refractivity contribution < 1.29 is 14.2 Å². The molecule has 1 unspecified atom stereocenters. The zero-order valence-electron chi connectivity index (χ0n) is 10.4. The van der Waals surface area contributed by atoms with E-state index in [4.69, 9.17) is 19.9 Å². The number of nitrogens with two attached hydrogens (primary N) is 1. The van der Waals surface area contributed by atoms with Crippen molar-refractivity contribution in [2.45, 2.75) is 6.10 Å². The molecule has 6 heteroatoms. The molecule has 0 amide bonds. The van der Waals surface area contributed by atoms with E-state index in [0.717, 1.165) is 0 Å². The Labute approximate surface area is 101 Å². The predicted octanol–water partition coefficient (Wildman–Crippen LogP) is 0.746. The summed E-state index contributed by atoms with van der Waals surface area (Å²) in [6.45, 7) is 1.07. The lowest BCUT2D eigenvalue weighted by Gasteiger charge is -2.16. The molecule has 3 N–H and O–H groups in total. The number of nitrogen functional groups attached to an aromatic ring is 1. The summed E-state index contributed by atoms with van der Waals surface area (Å²) in [5.41, 5.74) is 6.36. The summed E-state index contributed by atoms with van der Waals surface area (Å²) in [4.78, 5) is 4.20. The van der Waals surface area contributed by atoms with Crippen LogP contribution in [0.2, 0.25) is 0 Å². The molecule has 6 nitrogen and oxygen atoms in total. The number of nitrogens with zero attached hydrogens (tertiary/aromatic N) is 1. The second kappa shape index (κ2) is 6.93. The molecule has 0 spiro atoms. The molecule has 0 saturated heterocycles. The number of pyridine rings is 1. The van der Waals surface area contributed by atoms with Gasteiger partial charge in [-0.05, 0) is 6.07 Å².